The molecule has 0 aliphatic rings. The van der Waals surface area contributed by atoms with E-state index < -0.39 is 0 Å². The Morgan fingerprint density at radius 1 is 1.42 bits per heavy atom. The molecule has 0 radical (unpaired) electrons. The molecule has 2 rings (SSSR count). The van der Waals surface area contributed by atoms with Crippen LogP contribution in [0.5, 0.6) is 0 Å². The average molecular weight is 280 g/mol. The Morgan fingerprint density at radius 3 is 2.95 bits per heavy atom. The number of para-hydroxylation sites is 1. The lowest BCUT2D eigenvalue weighted by molar-refractivity contribution is 0.0951. The highest BCUT2D eigenvalue weighted by atomic mass is 35.5. The number of hydrogen-bond donors (Lipinski definition) is 2. The molecule has 1 amide bonds. The summed E-state index contributed by atoms with van der Waals surface area (Å²) in [5.74, 6) is -0.216. The number of nitrogens with zero attached hydrogens (tertiary/aromatic N) is 2. The quantitative estimate of drug-likeness (QED) is 0.818. The van der Waals surface area contributed by atoms with Gasteiger partial charge in [-0.1, -0.05) is 23.7 Å². The van der Waals surface area contributed by atoms with E-state index in [1.54, 1.807) is 16.9 Å². The van der Waals surface area contributed by atoms with Gasteiger partial charge in [0.1, 0.15) is 0 Å². The summed E-state index contributed by atoms with van der Waals surface area (Å²) in [5.41, 5.74) is 1.18. The zero-order valence-electron chi connectivity index (χ0n) is 10.2. The minimum absolute atomic E-state index is 0.0547. The maximum Gasteiger partial charge on any atom is 0.254 e. The highest BCUT2D eigenvalue weighted by molar-refractivity contribution is 6.32. The number of benzene rings is 1. The summed E-state index contributed by atoms with van der Waals surface area (Å²) in [6.45, 7) is 0.492. The number of carbonyl (C=O) groups is 1. The molecule has 0 bridgehead atoms. The van der Waals surface area contributed by atoms with Crippen LogP contribution in [0.1, 0.15) is 16.8 Å². The summed E-state index contributed by atoms with van der Waals surface area (Å²) < 4.78 is 1.56. The Balaban J connectivity index is 2.11. The van der Waals surface area contributed by atoms with Crippen molar-refractivity contribution in [3.05, 3.63) is 47.2 Å². The zero-order valence-corrected chi connectivity index (χ0v) is 11.0. The van der Waals surface area contributed by atoms with Crippen molar-refractivity contribution in [2.24, 2.45) is 0 Å². The summed E-state index contributed by atoms with van der Waals surface area (Å²) in [6, 6.07) is 7.27. The minimum atomic E-state index is -0.216. The molecule has 0 saturated carbocycles. The first-order valence-electron chi connectivity index (χ1n) is 5.91. The number of aliphatic hydroxyl groups excluding tert-OH is 1. The lowest BCUT2D eigenvalue weighted by Crippen LogP contribution is -2.24. The molecule has 0 unspecified atom stereocenters. The summed E-state index contributed by atoms with van der Waals surface area (Å²) in [5, 5.41) is 16.0. The van der Waals surface area contributed by atoms with E-state index in [1.165, 1.54) is 6.20 Å². The minimum Gasteiger partial charge on any atom is -0.396 e. The van der Waals surface area contributed by atoms with Crippen LogP contribution in [0.2, 0.25) is 5.02 Å². The van der Waals surface area contributed by atoms with Gasteiger partial charge in [0, 0.05) is 19.3 Å². The summed E-state index contributed by atoms with van der Waals surface area (Å²) in [7, 11) is 0. The fraction of sp³-hybridized carbons (Fsp3) is 0.231. The SMILES string of the molecule is O=C(NCCCO)c1cnn(-c2ccccc2Cl)c1. The molecule has 1 aromatic heterocycles. The number of aliphatic hydroxyl groups is 1. The zero-order chi connectivity index (χ0) is 13.7. The van der Waals surface area contributed by atoms with E-state index in [9.17, 15) is 4.79 Å². The van der Waals surface area contributed by atoms with Crippen molar-refractivity contribution in [1.29, 1.82) is 0 Å². The van der Waals surface area contributed by atoms with Gasteiger partial charge in [-0.3, -0.25) is 4.79 Å². The number of carbonyl (C=O) groups excluding carboxylic acids is 1. The molecule has 1 heterocycles. The van der Waals surface area contributed by atoms with Gasteiger partial charge in [-0.05, 0) is 18.6 Å². The molecule has 19 heavy (non-hydrogen) atoms. The summed E-state index contributed by atoms with van der Waals surface area (Å²) in [6.07, 6.45) is 3.64. The Hall–Kier alpha value is -1.85. The van der Waals surface area contributed by atoms with Crippen molar-refractivity contribution >= 4 is 17.5 Å². The van der Waals surface area contributed by atoms with Crippen molar-refractivity contribution in [2.45, 2.75) is 6.42 Å². The maximum atomic E-state index is 11.8. The predicted molar refractivity (Wildman–Crippen MR) is 72.6 cm³/mol. The van der Waals surface area contributed by atoms with E-state index in [1.807, 2.05) is 18.2 Å². The van der Waals surface area contributed by atoms with E-state index >= 15 is 0 Å². The van der Waals surface area contributed by atoms with Gasteiger partial charge in [-0.25, -0.2) is 4.68 Å². The Bertz CT molecular complexity index is 569. The van der Waals surface area contributed by atoms with Gasteiger partial charge in [0.25, 0.3) is 5.91 Å². The van der Waals surface area contributed by atoms with Gasteiger partial charge in [0.15, 0.2) is 0 Å². The summed E-state index contributed by atoms with van der Waals surface area (Å²) >= 11 is 6.06. The van der Waals surface area contributed by atoms with Crippen LogP contribution in [0, 0.1) is 0 Å². The molecule has 5 nitrogen and oxygen atoms in total. The monoisotopic (exact) mass is 279 g/mol. The second-order valence-corrected chi connectivity index (χ2v) is 4.37. The van der Waals surface area contributed by atoms with Crippen molar-refractivity contribution < 1.29 is 9.90 Å². The number of rotatable bonds is 5. The Labute approximate surface area is 115 Å². The molecule has 0 atom stereocenters. The molecular weight excluding hydrogens is 266 g/mol. The number of nitrogens with one attached hydrogen (secondary N) is 1. The van der Waals surface area contributed by atoms with E-state index in [0.717, 1.165) is 5.69 Å². The summed E-state index contributed by atoms with van der Waals surface area (Å²) in [4.78, 5) is 11.8. The van der Waals surface area contributed by atoms with Crippen LogP contribution in [0.25, 0.3) is 5.69 Å². The molecule has 0 aliphatic carbocycles. The molecular formula is C13H14ClN3O2. The van der Waals surface area contributed by atoms with Gasteiger partial charge in [0.2, 0.25) is 0 Å². The first kappa shape index (κ1) is 13.6. The Morgan fingerprint density at radius 2 is 2.21 bits per heavy atom. The highest BCUT2D eigenvalue weighted by Gasteiger charge is 2.10. The molecule has 6 heteroatoms. The lowest BCUT2D eigenvalue weighted by atomic mass is 10.3. The second-order valence-electron chi connectivity index (χ2n) is 3.96. The van der Waals surface area contributed by atoms with Crippen molar-refractivity contribution in [1.82, 2.24) is 15.1 Å². The van der Waals surface area contributed by atoms with E-state index in [4.69, 9.17) is 16.7 Å². The molecule has 100 valence electrons. The highest BCUT2D eigenvalue weighted by Crippen LogP contribution is 2.19. The van der Waals surface area contributed by atoms with E-state index in [-0.39, 0.29) is 12.5 Å². The van der Waals surface area contributed by atoms with Gasteiger partial charge in [0.05, 0.1) is 22.5 Å². The molecule has 2 N–H and O–H groups in total. The van der Waals surface area contributed by atoms with Gasteiger partial charge in [-0.15, -0.1) is 0 Å². The van der Waals surface area contributed by atoms with Crippen LogP contribution in [-0.4, -0.2) is 33.9 Å². The van der Waals surface area contributed by atoms with Gasteiger partial charge < -0.3 is 10.4 Å². The molecule has 0 aliphatic heterocycles. The van der Waals surface area contributed by atoms with E-state index in [0.29, 0.717) is 23.6 Å². The number of hydrogen-bond acceptors (Lipinski definition) is 3. The third-order valence-corrected chi connectivity index (χ3v) is 2.88. The van der Waals surface area contributed by atoms with Crippen molar-refractivity contribution in [3.8, 4) is 5.69 Å². The predicted octanol–water partition coefficient (Wildman–Crippen LogP) is 1.64. The Kier molecular flexibility index (Phi) is 4.54. The van der Waals surface area contributed by atoms with Crippen LogP contribution < -0.4 is 5.32 Å². The molecule has 1 aromatic carbocycles. The molecule has 2 aromatic rings. The number of amides is 1. The fourth-order valence-corrected chi connectivity index (χ4v) is 1.81. The topological polar surface area (TPSA) is 67.2 Å². The van der Waals surface area contributed by atoms with Crippen LogP contribution in [0.4, 0.5) is 0 Å². The molecule has 0 spiro atoms. The maximum absolute atomic E-state index is 11.8. The van der Waals surface area contributed by atoms with Crippen molar-refractivity contribution in [2.75, 3.05) is 13.2 Å². The second kappa shape index (κ2) is 6.36. The smallest absolute Gasteiger partial charge is 0.254 e. The molecule has 0 fully saturated rings. The normalized spacial score (nSPS) is 10.4. The third-order valence-electron chi connectivity index (χ3n) is 2.56. The number of halogens is 1. The third kappa shape index (κ3) is 3.33. The first-order chi connectivity index (χ1) is 9.22. The fourth-order valence-electron chi connectivity index (χ4n) is 1.59. The van der Waals surface area contributed by atoms with Crippen LogP contribution in [0.15, 0.2) is 36.7 Å². The van der Waals surface area contributed by atoms with Crippen LogP contribution in [0.3, 0.4) is 0 Å². The lowest BCUT2D eigenvalue weighted by Gasteiger charge is -2.03. The first-order valence-corrected chi connectivity index (χ1v) is 6.29. The largest absolute Gasteiger partial charge is 0.396 e. The standard InChI is InChI=1S/C13H14ClN3O2/c14-11-4-1-2-5-12(11)17-9-10(8-16-17)13(19)15-6-3-7-18/h1-2,4-5,8-9,18H,3,6-7H2,(H,15,19). The van der Waals surface area contributed by atoms with Crippen LogP contribution >= 0.6 is 11.6 Å². The van der Waals surface area contributed by atoms with E-state index in [2.05, 4.69) is 10.4 Å². The number of aromatic nitrogens is 2. The van der Waals surface area contributed by atoms with Gasteiger partial charge >= 0.3 is 0 Å². The van der Waals surface area contributed by atoms with Gasteiger partial charge in [-0.2, -0.15) is 5.10 Å². The molecule has 0 saturated heterocycles. The van der Waals surface area contributed by atoms with Crippen molar-refractivity contribution in [3.63, 3.8) is 0 Å². The average Bonchev–Trinajstić information content (AvgIpc) is 2.89. The van der Waals surface area contributed by atoms with Crippen LogP contribution in [-0.2, 0) is 0 Å².